The second-order valence-electron chi connectivity index (χ2n) is 5.05. The Bertz CT molecular complexity index is 821. The zero-order chi connectivity index (χ0) is 18.9. The second-order valence-corrected chi connectivity index (χ2v) is 5.97. The first kappa shape index (κ1) is 19.5. The number of amides is 1. The fourth-order valence-electron chi connectivity index (χ4n) is 2.12. The van der Waals surface area contributed by atoms with Crippen LogP contribution in [0, 0.1) is 0 Å². The van der Waals surface area contributed by atoms with E-state index in [2.05, 4.69) is 33.0 Å². The minimum absolute atomic E-state index is 0.377. The van der Waals surface area contributed by atoms with Gasteiger partial charge in [0.1, 0.15) is 12.4 Å². The van der Waals surface area contributed by atoms with Crippen LogP contribution in [0.25, 0.3) is 0 Å². The topological polar surface area (TPSA) is 69.2 Å². The van der Waals surface area contributed by atoms with Crippen LogP contribution in [0.3, 0.4) is 0 Å². The van der Waals surface area contributed by atoms with Gasteiger partial charge in [-0.3, -0.25) is 4.79 Å². The van der Waals surface area contributed by atoms with E-state index in [-0.39, 0.29) is 5.91 Å². The van der Waals surface area contributed by atoms with Crippen molar-refractivity contribution < 1.29 is 19.0 Å². The van der Waals surface area contributed by atoms with Gasteiger partial charge < -0.3 is 14.2 Å². The van der Waals surface area contributed by atoms with E-state index in [1.165, 1.54) is 13.3 Å². The summed E-state index contributed by atoms with van der Waals surface area (Å²) in [5, 5.41) is 3.98. The number of hydrogen-bond acceptors (Lipinski definition) is 5. The third kappa shape index (κ3) is 5.10. The highest BCUT2D eigenvalue weighted by molar-refractivity contribution is 9.10. The van der Waals surface area contributed by atoms with Gasteiger partial charge in [-0.25, -0.2) is 5.43 Å². The number of halogens is 1. The molecule has 0 radical (unpaired) electrons. The minimum atomic E-state index is -0.377. The molecular formula is C19H19BrN2O4. The molecule has 0 heterocycles. The molecule has 6 nitrogen and oxygen atoms in total. The Morgan fingerprint density at radius 1 is 1.15 bits per heavy atom. The number of ether oxygens (including phenoxy) is 3. The Labute approximate surface area is 160 Å². The van der Waals surface area contributed by atoms with E-state index >= 15 is 0 Å². The highest BCUT2D eigenvalue weighted by atomic mass is 79.9. The van der Waals surface area contributed by atoms with Crippen molar-refractivity contribution in [1.29, 1.82) is 0 Å². The number of rotatable bonds is 8. The van der Waals surface area contributed by atoms with Crippen molar-refractivity contribution >= 4 is 28.1 Å². The molecule has 1 amide bonds. The predicted octanol–water partition coefficient (Wildman–Crippen LogP) is 3.80. The highest BCUT2D eigenvalue weighted by Gasteiger charge is 2.12. The van der Waals surface area contributed by atoms with Crippen LogP contribution in [0.15, 0.2) is 58.6 Å². The van der Waals surface area contributed by atoms with Crippen LogP contribution >= 0.6 is 15.9 Å². The lowest BCUT2D eigenvalue weighted by molar-refractivity contribution is 0.0952. The van der Waals surface area contributed by atoms with Gasteiger partial charge in [0, 0.05) is 4.47 Å². The van der Waals surface area contributed by atoms with Gasteiger partial charge in [-0.2, -0.15) is 5.10 Å². The summed E-state index contributed by atoms with van der Waals surface area (Å²) < 4.78 is 16.7. The summed E-state index contributed by atoms with van der Waals surface area (Å²) >= 11 is 3.33. The number of carbonyl (C=O) groups is 1. The lowest BCUT2D eigenvalue weighted by Gasteiger charge is -2.09. The first-order valence-corrected chi connectivity index (χ1v) is 8.47. The van der Waals surface area contributed by atoms with Gasteiger partial charge in [0.25, 0.3) is 5.91 Å². The normalized spacial score (nSPS) is 10.4. The van der Waals surface area contributed by atoms with E-state index in [4.69, 9.17) is 14.2 Å². The van der Waals surface area contributed by atoms with Crippen molar-refractivity contribution in [2.24, 2.45) is 5.10 Å². The van der Waals surface area contributed by atoms with Gasteiger partial charge in [-0.15, -0.1) is 0 Å². The van der Waals surface area contributed by atoms with E-state index in [0.29, 0.717) is 29.4 Å². The van der Waals surface area contributed by atoms with Gasteiger partial charge in [-0.05, 0) is 42.0 Å². The van der Waals surface area contributed by atoms with Crippen molar-refractivity contribution in [3.05, 3.63) is 64.7 Å². The first-order chi connectivity index (χ1) is 12.6. The van der Waals surface area contributed by atoms with E-state index < -0.39 is 0 Å². The van der Waals surface area contributed by atoms with Crippen LogP contribution in [-0.4, -0.2) is 32.9 Å². The molecule has 2 aromatic rings. The quantitative estimate of drug-likeness (QED) is 0.402. The fourth-order valence-corrected chi connectivity index (χ4v) is 2.48. The molecule has 7 heteroatoms. The summed E-state index contributed by atoms with van der Waals surface area (Å²) in [6, 6.07) is 10.5. The van der Waals surface area contributed by atoms with Gasteiger partial charge in [0.2, 0.25) is 0 Å². The van der Waals surface area contributed by atoms with E-state index in [9.17, 15) is 4.79 Å². The van der Waals surface area contributed by atoms with Crippen LogP contribution in [0.1, 0.15) is 15.9 Å². The summed E-state index contributed by atoms with van der Waals surface area (Å²) in [5.41, 5.74) is 3.60. The lowest BCUT2D eigenvalue weighted by Crippen LogP contribution is -2.18. The van der Waals surface area contributed by atoms with Gasteiger partial charge in [0.15, 0.2) is 11.5 Å². The molecule has 0 aliphatic heterocycles. The van der Waals surface area contributed by atoms with Crippen LogP contribution in [0.2, 0.25) is 0 Å². The molecule has 0 aliphatic rings. The van der Waals surface area contributed by atoms with Crippen LogP contribution in [0.4, 0.5) is 0 Å². The van der Waals surface area contributed by atoms with Gasteiger partial charge in [-0.1, -0.05) is 28.6 Å². The van der Waals surface area contributed by atoms with Crippen molar-refractivity contribution in [2.75, 3.05) is 20.8 Å². The molecule has 136 valence electrons. The largest absolute Gasteiger partial charge is 0.496 e. The van der Waals surface area contributed by atoms with E-state index in [1.807, 2.05) is 0 Å². The maximum Gasteiger partial charge on any atom is 0.275 e. The fraction of sp³-hybridized carbons (Fsp3) is 0.158. The average molecular weight is 419 g/mol. The molecule has 0 spiro atoms. The Hall–Kier alpha value is -2.80. The van der Waals surface area contributed by atoms with Crippen molar-refractivity contribution in [3.63, 3.8) is 0 Å². The second kappa shape index (κ2) is 9.62. The molecule has 0 atom stereocenters. The molecule has 0 saturated heterocycles. The average Bonchev–Trinajstić information content (AvgIpc) is 2.66. The summed E-state index contributed by atoms with van der Waals surface area (Å²) in [7, 11) is 3.06. The monoisotopic (exact) mass is 418 g/mol. The molecular weight excluding hydrogens is 400 g/mol. The molecule has 1 N–H and O–H groups in total. The zero-order valence-electron chi connectivity index (χ0n) is 14.5. The number of carbonyl (C=O) groups excluding carboxylic acids is 1. The number of nitrogens with one attached hydrogen (secondary N) is 1. The minimum Gasteiger partial charge on any atom is -0.496 e. The van der Waals surface area contributed by atoms with Crippen LogP contribution in [0.5, 0.6) is 17.2 Å². The Kier molecular flexibility index (Phi) is 7.23. The zero-order valence-corrected chi connectivity index (χ0v) is 16.1. The molecule has 2 rings (SSSR count). The number of hydrazone groups is 1. The molecule has 2 aromatic carbocycles. The van der Waals surface area contributed by atoms with Crippen LogP contribution < -0.4 is 19.6 Å². The summed E-state index contributed by atoms with van der Waals surface area (Å²) in [6.07, 6.45) is 3.17. The molecule has 0 fully saturated rings. The number of benzene rings is 2. The van der Waals surface area contributed by atoms with E-state index in [1.54, 1.807) is 49.6 Å². The molecule has 26 heavy (non-hydrogen) atoms. The summed E-state index contributed by atoms with van der Waals surface area (Å²) in [5.74, 6) is 1.26. The standard InChI is InChI=1S/C19H19BrN2O4/c1-4-9-26-17-7-5-13(10-18(17)25-3)12-21-22-19(23)15-11-14(20)6-8-16(15)24-2/h4-8,10-12H,1,9H2,2-3H3,(H,22,23)/b21-12-. The number of hydrogen-bond donors (Lipinski definition) is 1. The van der Waals surface area contributed by atoms with Crippen LogP contribution in [-0.2, 0) is 0 Å². The maximum absolute atomic E-state index is 12.3. The summed E-state index contributed by atoms with van der Waals surface area (Å²) in [6.45, 7) is 3.99. The van der Waals surface area contributed by atoms with Gasteiger partial charge in [0.05, 0.1) is 26.0 Å². The number of nitrogens with zero attached hydrogens (tertiary/aromatic N) is 1. The summed E-state index contributed by atoms with van der Waals surface area (Å²) in [4.78, 5) is 12.3. The van der Waals surface area contributed by atoms with E-state index in [0.717, 1.165) is 10.0 Å². The maximum atomic E-state index is 12.3. The Balaban J connectivity index is 2.09. The Morgan fingerprint density at radius 2 is 1.88 bits per heavy atom. The van der Waals surface area contributed by atoms with Crippen molar-refractivity contribution in [2.45, 2.75) is 0 Å². The molecule has 0 aliphatic carbocycles. The van der Waals surface area contributed by atoms with Gasteiger partial charge >= 0.3 is 0 Å². The number of methoxy groups -OCH3 is 2. The third-order valence-corrected chi connectivity index (χ3v) is 3.82. The smallest absolute Gasteiger partial charge is 0.275 e. The van der Waals surface area contributed by atoms with Crippen molar-refractivity contribution in [1.82, 2.24) is 5.43 Å². The predicted molar refractivity (Wildman–Crippen MR) is 104 cm³/mol. The molecule has 0 saturated carbocycles. The Morgan fingerprint density at radius 3 is 2.58 bits per heavy atom. The third-order valence-electron chi connectivity index (χ3n) is 3.33. The lowest BCUT2D eigenvalue weighted by atomic mass is 10.2. The molecule has 0 unspecified atom stereocenters. The van der Waals surface area contributed by atoms with Crippen molar-refractivity contribution in [3.8, 4) is 17.2 Å². The molecule has 0 aromatic heterocycles. The highest BCUT2D eigenvalue weighted by Crippen LogP contribution is 2.27. The SMILES string of the molecule is C=CCOc1ccc(/C=N\NC(=O)c2cc(Br)ccc2OC)cc1OC. The first-order valence-electron chi connectivity index (χ1n) is 7.67. The molecule has 0 bridgehead atoms.